The van der Waals surface area contributed by atoms with Gasteiger partial charge < -0.3 is 10.6 Å². The molecule has 4 nitrogen and oxygen atoms in total. The Labute approximate surface area is 149 Å². The second kappa shape index (κ2) is 7.27. The summed E-state index contributed by atoms with van der Waals surface area (Å²) in [4.78, 5) is 16.4. The van der Waals surface area contributed by atoms with E-state index in [1.165, 1.54) is 0 Å². The van der Waals surface area contributed by atoms with Gasteiger partial charge in [-0.25, -0.2) is 4.98 Å². The summed E-state index contributed by atoms with van der Waals surface area (Å²) in [5.41, 5.74) is 4.05. The quantitative estimate of drug-likeness (QED) is 0.656. The lowest BCUT2D eigenvalue weighted by Gasteiger charge is -2.08. The highest BCUT2D eigenvalue weighted by atomic mass is 79.9. The summed E-state index contributed by atoms with van der Waals surface area (Å²) in [6.45, 7) is 2.00. The number of benzene rings is 2. The van der Waals surface area contributed by atoms with Crippen molar-refractivity contribution < 1.29 is 4.79 Å². The van der Waals surface area contributed by atoms with Crippen molar-refractivity contribution in [3.8, 4) is 0 Å². The third-order valence-electron chi connectivity index (χ3n) is 3.44. The first kappa shape index (κ1) is 16.2. The Kier molecular flexibility index (Phi) is 4.91. The van der Waals surface area contributed by atoms with Crippen LogP contribution < -0.4 is 10.6 Å². The van der Waals surface area contributed by atoms with Gasteiger partial charge in [-0.05, 0) is 55.5 Å². The van der Waals surface area contributed by atoms with Gasteiger partial charge in [0.1, 0.15) is 5.69 Å². The molecule has 2 aromatic carbocycles. The van der Waals surface area contributed by atoms with Gasteiger partial charge in [-0.2, -0.15) is 0 Å². The predicted octanol–water partition coefficient (Wildman–Crippen LogP) is 5.15. The topological polar surface area (TPSA) is 54.0 Å². The molecule has 120 valence electrons. The second-order valence-electron chi connectivity index (χ2n) is 5.38. The lowest BCUT2D eigenvalue weighted by molar-refractivity contribution is 0.102. The average Bonchev–Trinajstić information content (AvgIpc) is 2.59. The van der Waals surface area contributed by atoms with Crippen LogP contribution in [0.15, 0.2) is 71.3 Å². The van der Waals surface area contributed by atoms with E-state index >= 15 is 0 Å². The van der Waals surface area contributed by atoms with Crippen molar-refractivity contribution in [2.75, 3.05) is 10.6 Å². The van der Waals surface area contributed by atoms with Gasteiger partial charge in [0.25, 0.3) is 5.91 Å². The summed E-state index contributed by atoms with van der Waals surface area (Å²) in [5, 5.41) is 6.07. The Morgan fingerprint density at radius 1 is 0.875 bits per heavy atom. The van der Waals surface area contributed by atoms with E-state index in [1.54, 1.807) is 12.3 Å². The van der Waals surface area contributed by atoms with Crippen LogP contribution in [0.25, 0.3) is 0 Å². The minimum absolute atomic E-state index is 0.228. The van der Waals surface area contributed by atoms with Crippen molar-refractivity contribution in [2.24, 2.45) is 0 Å². The van der Waals surface area contributed by atoms with E-state index < -0.39 is 0 Å². The third kappa shape index (κ3) is 4.20. The number of nitrogens with one attached hydrogen (secondary N) is 2. The van der Waals surface area contributed by atoms with Crippen LogP contribution in [-0.4, -0.2) is 10.9 Å². The van der Waals surface area contributed by atoms with Gasteiger partial charge in [0, 0.05) is 15.8 Å². The zero-order chi connectivity index (χ0) is 16.9. The molecule has 1 amide bonds. The third-order valence-corrected chi connectivity index (χ3v) is 3.97. The largest absolute Gasteiger partial charge is 0.354 e. The Balaban J connectivity index is 1.66. The average molecular weight is 382 g/mol. The maximum atomic E-state index is 12.2. The smallest absolute Gasteiger partial charge is 0.274 e. The van der Waals surface area contributed by atoms with Gasteiger partial charge in [-0.15, -0.1) is 0 Å². The summed E-state index contributed by atoms with van der Waals surface area (Å²) < 4.78 is 1.02. The van der Waals surface area contributed by atoms with Gasteiger partial charge >= 0.3 is 0 Å². The molecular formula is C19H16BrN3O. The first-order valence-electron chi connectivity index (χ1n) is 7.47. The van der Waals surface area contributed by atoms with E-state index in [4.69, 9.17) is 0 Å². The fourth-order valence-corrected chi connectivity index (χ4v) is 2.40. The lowest BCUT2D eigenvalue weighted by Crippen LogP contribution is -2.13. The van der Waals surface area contributed by atoms with E-state index in [0.717, 1.165) is 27.1 Å². The van der Waals surface area contributed by atoms with Crippen molar-refractivity contribution in [3.05, 3.63) is 82.6 Å². The molecule has 0 atom stereocenters. The van der Waals surface area contributed by atoms with Crippen molar-refractivity contribution in [3.63, 3.8) is 0 Å². The number of pyridine rings is 1. The van der Waals surface area contributed by atoms with E-state index in [2.05, 4.69) is 31.5 Å². The van der Waals surface area contributed by atoms with Gasteiger partial charge in [-0.3, -0.25) is 4.79 Å². The van der Waals surface area contributed by atoms with Crippen LogP contribution in [0.3, 0.4) is 0 Å². The second-order valence-corrected chi connectivity index (χ2v) is 6.30. The zero-order valence-electron chi connectivity index (χ0n) is 13.1. The Hall–Kier alpha value is -2.66. The molecule has 0 saturated heterocycles. The van der Waals surface area contributed by atoms with E-state index in [-0.39, 0.29) is 5.91 Å². The molecule has 0 bridgehead atoms. The number of carbonyl (C=O) groups is 1. The summed E-state index contributed by atoms with van der Waals surface area (Å²) >= 11 is 3.40. The van der Waals surface area contributed by atoms with E-state index in [0.29, 0.717) is 5.69 Å². The molecule has 0 saturated carbocycles. The number of anilines is 3. The highest BCUT2D eigenvalue weighted by Crippen LogP contribution is 2.19. The molecule has 1 aromatic heterocycles. The summed E-state index contributed by atoms with van der Waals surface area (Å²) in [6, 6.07) is 19.0. The van der Waals surface area contributed by atoms with Gasteiger partial charge in [0.15, 0.2) is 0 Å². The standard InChI is InChI=1S/C19H16BrN3O/c1-13-2-6-16(7-3-13)23-19(24)18-11-10-17(12-21-18)22-15-8-4-14(20)5-9-15/h2-12,22H,1H3,(H,23,24). The zero-order valence-corrected chi connectivity index (χ0v) is 14.7. The molecule has 24 heavy (non-hydrogen) atoms. The van der Waals surface area contributed by atoms with Crippen molar-refractivity contribution in [1.82, 2.24) is 4.98 Å². The number of rotatable bonds is 4. The maximum absolute atomic E-state index is 12.2. The molecule has 0 fully saturated rings. The number of amides is 1. The number of nitrogens with zero attached hydrogens (tertiary/aromatic N) is 1. The van der Waals surface area contributed by atoms with Gasteiger partial charge in [0.05, 0.1) is 11.9 Å². The maximum Gasteiger partial charge on any atom is 0.274 e. The predicted molar refractivity (Wildman–Crippen MR) is 101 cm³/mol. The number of halogens is 1. The minimum atomic E-state index is -0.228. The minimum Gasteiger partial charge on any atom is -0.354 e. The van der Waals surface area contributed by atoms with E-state index in [1.807, 2.05) is 61.5 Å². The van der Waals surface area contributed by atoms with Crippen LogP contribution in [0.1, 0.15) is 16.1 Å². The number of aromatic nitrogens is 1. The Morgan fingerprint density at radius 3 is 2.12 bits per heavy atom. The fraction of sp³-hybridized carbons (Fsp3) is 0.0526. The van der Waals surface area contributed by atoms with Crippen molar-refractivity contribution in [2.45, 2.75) is 6.92 Å². The monoisotopic (exact) mass is 381 g/mol. The first-order valence-corrected chi connectivity index (χ1v) is 8.26. The van der Waals surface area contributed by atoms with Crippen LogP contribution >= 0.6 is 15.9 Å². The van der Waals surface area contributed by atoms with Crippen molar-refractivity contribution >= 4 is 38.9 Å². The van der Waals surface area contributed by atoms with Crippen LogP contribution in [-0.2, 0) is 0 Å². The van der Waals surface area contributed by atoms with Crippen LogP contribution in [0.2, 0.25) is 0 Å². The molecule has 2 N–H and O–H groups in total. The van der Waals surface area contributed by atoms with Gasteiger partial charge in [-0.1, -0.05) is 33.6 Å². The molecule has 0 spiro atoms. The molecule has 0 unspecified atom stereocenters. The molecule has 0 aliphatic heterocycles. The molecule has 0 aliphatic rings. The molecule has 3 aromatic rings. The SMILES string of the molecule is Cc1ccc(NC(=O)c2ccc(Nc3ccc(Br)cc3)cn2)cc1. The number of aryl methyl sites for hydroxylation is 1. The van der Waals surface area contributed by atoms with Crippen molar-refractivity contribution in [1.29, 1.82) is 0 Å². The number of carbonyl (C=O) groups excluding carboxylic acids is 1. The Bertz CT molecular complexity index is 828. The summed E-state index contributed by atoms with van der Waals surface area (Å²) in [6.07, 6.45) is 1.64. The molecule has 3 rings (SSSR count). The molecule has 0 radical (unpaired) electrons. The molecular weight excluding hydrogens is 366 g/mol. The molecule has 0 aliphatic carbocycles. The number of hydrogen-bond acceptors (Lipinski definition) is 3. The van der Waals surface area contributed by atoms with Crippen LogP contribution in [0.5, 0.6) is 0 Å². The summed E-state index contributed by atoms with van der Waals surface area (Å²) in [7, 11) is 0. The van der Waals surface area contributed by atoms with Crippen LogP contribution in [0.4, 0.5) is 17.1 Å². The fourth-order valence-electron chi connectivity index (χ4n) is 2.13. The molecule has 1 heterocycles. The highest BCUT2D eigenvalue weighted by Gasteiger charge is 2.07. The highest BCUT2D eigenvalue weighted by molar-refractivity contribution is 9.10. The van der Waals surface area contributed by atoms with Crippen LogP contribution in [0, 0.1) is 6.92 Å². The molecule has 5 heteroatoms. The number of hydrogen-bond donors (Lipinski definition) is 2. The normalized spacial score (nSPS) is 10.2. The van der Waals surface area contributed by atoms with Gasteiger partial charge in [0.2, 0.25) is 0 Å². The first-order chi connectivity index (χ1) is 11.6. The van der Waals surface area contributed by atoms with E-state index in [9.17, 15) is 4.79 Å². The Morgan fingerprint density at radius 2 is 1.50 bits per heavy atom. The summed E-state index contributed by atoms with van der Waals surface area (Å²) in [5.74, 6) is -0.228. The lowest BCUT2D eigenvalue weighted by atomic mass is 10.2.